The fourth-order valence-corrected chi connectivity index (χ4v) is 1.66. The van der Waals surface area contributed by atoms with Gasteiger partial charge in [-0.2, -0.15) is 13.2 Å². The van der Waals surface area contributed by atoms with E-state index in [1.54, 1.807) is 0 Å². The Kier molecular flexibility index (Phi) is 3.53. The first-order chi connectivity index (χ1) is 6.38. The van der Waals surface area contributed by atoms with E-state index in [0.29, 0.717) is 5.56 Å². The Labute approximate surface area is 87.1 Å². The van der Waals surface area contributed by atoms with Crippen LogP contribution in [-0.2, 0) is 0 Å². The Morgan fingerprint density at radius 3 is 2.07 bits per heavy atom. The number of hydrogen-bond donors (Lipinski definition) is 0. The second-order valence-corrected chi connectivity index (χ2v) is 3.94. The van der Waals surface area contributed by atoms with Gasteiger partial charge in [-0.15, -0.1) is 0 Å². The number of rotatable bonds is 2. The van der Waals surface area contributed by atoms with Gasteiger partial charge >= 0.3 is 6.18 Å². The molecule has 0 saturated heterocycles. The highest BCUT2D eigenvalue weighted by atomic mass is 79.9. The molecule has 5 heteroatoms. The van der Waals surface area contributed by atoms with E-state index in [0.717, 1.165) is 12.1 Å². The summed E-state index contributed by atoms with van der Waals surface area (Å²) < 4.78 is 48.4. The second-order valence-electron chi connectivity index (χ2n) is 2.84. The van der Waals surface area contributed by atoms with Crippen LogP contribution in [0.2, 0.25) is 0 Å². The molecule has 0 aliphatic heterocycles. The summed E-state index contributed by atoms with van der Waals surface area (Å²) in [5.41, 5.74) is 0.420. The molecule has 0 amide bonds. The predicted octanol–water partition coefficient (Wildman–Crippen LogP) is 4.21. The first-order valence-corrected chi connectivity index (χ1v) is 4.76. The molecule has 0 aliphatic carbocycles. The summed E-state index contributed by atoms with van der Waals surface area (Å²) in [6.45, 7) is 0. The lowest BCUT2D eigenvalue weighted by Crippen LogP contribution is -2.10. The van der Waals surface area contributed by atoms with Crippen LogP contribution in [0.3, 0.4) is 0 Å². The molecule has 1 atom stereocenters. The number of halogens is 5. The Morgan fingerprint density at radius 1 is 1.14 bits per heavy atom. The van der Waals surface area contributed by atoms with Gasteiger partial charge in [-0.25, -0.2) is 4.39 Å². The van der Waals surface area contributed by atoms with Crippen molar-refractivity contribution in [2.24, 2.45) is 0 Å². The van der Waals surface area contributed by atoms with Crippen LogP contribution in [0, 0.1) is 5.82 Å². The summed E-state index contributed by atoms with van der Waals surface area (Å²) in [6, 6.07) is 4.95. The zero-order chi connectivity index (χ0) is 10.8. The summed E-state index contributed by atoms with van der Waals surface area (Å²) >= 11 is 2.90. The van der Waals surface area contributed by atoms with Gasteiger partial charge in [0, 0.05) is 4.83 Å². The van der Waals surface area contributed by atoms with E-state index in [4.69, 9.17) is 0 Å². The largest absolute Gasteiger partial charge is 0.390 e. The summed E-state index contributed by atoms with van der Waals surface area (Å²) in [5, 5.41) is 0. The smallest absolute Gasteiger partial charge is 0.207 e. The highest BCUT2D eigenvalue weighted by Crippen LogP contribution is 2.35. The van der Waals surface area contributed by atoms with Crippen molar-refractivity contribution < 1.29 is 17.6 Å². The zero-order valence-electron chi connectivity index (χ0n) is 6.98. The van der Waals surface area contributed by atoms with E-state index in [9.17, 15) is 17.6 Å². The summed E-state index contributed by atoms with van der Waals surface area (Å²) in [4.78, 5) is -0.817. The van der Waals surface area contributed by atoms with Crippen LogP contribution < -0.4 is 0 Å². The van der Waals surface area contributed by atoms with E-state index in [2.05, 4.69) is 15.9 Å². The molecule has 0 spiro atoms. The van der Waals surface area contributed by atoms with E-state index < -0.39 is 23.2 Å². The lowest BCUT2D eigenvalue weighted by molar-refractivity contribution is -0.134. The first kappa shape index (κ1) is 11.5. The average molecular weight is 271 g/mol. The van der Waals surface area contributed by atoms with Crippen molar-refractivity contribution in [3.05, 3.63) is 35.6 Å². The topological polar surface area (TPSA) is 0 Å². The highest BCUT2D eigenvalue weighted by Gasteiger charge is 2.31. The molecule has 1 rings (SSSR count). The maximum absolute atomic E-state index is 12.5. The monoisotopic (exact) mass is 270 g/mol. The van der Waals surface area contributed by atoms with Crippen molar-refractivity contribution in [3.63, 3.8) is 0 Å². The molecule has 0 bridgehead atoms. The average Bonchev–Trinajstić information content (AvgIpc) is 2.02. The Bertz CT molecular complexity index is 291. The molecule has 0 fully saturated rings. The molecule has 1 aromatic carbocycles. The summed E-state index contributed by atoms with van der Waals surface area (Å²) in [5.74, 6) is -0.458. The van der Waals surface area contributed by atoms with Crippen LogP contribution in [0.5, 0.6) is 0 Å². The molecule has 0 aromatic heterocycles. The fourth-order valence-electron chi connectivity index (χ4n) is 0.993. The van der Waals surface area contributed by atoms with Crippen molar-refractivity contribution in [1.29, 1.82) is 0 Å². The third-order valence-electron chi connectivity index (χ3n) is 1.64. The Hall–Kier alpha value is -0.580. The Morgan fingerprint density at radius 2 is 1.64 bits per heavy atom. The van der Waals surface area contributed by atoms with Crippen LogP contribution in [0.15, 0.2) is 24.3 Å². The van der Waals surface area contributed by atoms with E-state index >= 15 is 0 Å². The van der Waals surface area contributed by atoms with E-state index in [-0.39, 0.29) is 0 Å². The molecular weight excluding hydrogens is 264 g/mol. The van der Waals surface area contributed by atoms with Crippen molar-refractivity contribution in [1.82, 2.24) is 0 Å². The number of alkyl halides is 4. The molecular formula is C9H7BrF4. The minimum atomic E-state index is -4.22. The van der Waals surface area contributed by atoms with Gasteiger partial charge in [-0.1, -0.05) is 28.1 Å². The minimum absolute atomic E-state index is 0.420. The van der Waals surface area contributed by atoms with E-state index in [1.165, 1.54) is 12.1 Å². The van der Waals surface area contributed by atoms with Crippen molar-refractivity contribution >= 4 is 15.9 Å². The molecule has 0 N–H and O–H groups in total. The van der Waals surface area contributed by atoms with Crippen molar-refractivity contribution in [3.8, 4) is 0 Å². The summed E-state index contributed by atoms with van der Waals surface area (Å²) in [6.07, 6.45) is -5.18. The molecule has 0 aliphatic rings. The lowest BCUT2D eigenvalue weighted by atomic mass is 10.1. The molecule has 78 valence electrons. The van der Waals surface area contributed by atoms with Gasteiger partial charge in [0.1, 0.15) is 5.82 Å². The third-order valence-corrected chi connectivity index (χ3v) is 2.49. The van der Waals surface area contributed by atoms with Gasteiger partial charge in [0.15, 0.2) is 0 Å². The van der Waals surface area contributed by atoms with Crippen LogP contribution in [0.4, 0.5) is 17.6 Å². The standard InChI is InChI=1S/C9H7BrF4/c10-8(5-9(12,13)14)6-1-3-7(11)4-2-6/h1-4,8H,5H2. The number of benzene rings is 1. The van der Waals surface area contributed by atoms with E-state index in [1.807, 2.05) is 0 Å². The second kappa shape index (κ2) is 4.29. The molecule has 14 heavy (non-hydrogen) atoms. The quantitative estimate of drug-likeness (QED) is 0.558. The molecule has 0 heterocycles. The third kappa shape index (κ3) is 3.65. The Balaban J connectivity index is 2.70. The number of hydrogen-bond acceptors (Lipinski definition) is 0. The van der Waals surface area contributed by atoms with Crippen LogP contribution >= 0.6 is 15.9 Å². The van der Waals surface area contributed by atoms with Crippen LogP contribution in [-0.4, -0.2) is 6.18 Å². The molecule has 0 radical (unpaired) electrons. The van der Waals surface area contributed by atoms with Gasteiger partial charge in [0.2, 0.25) is 0 Å². The van der Waals surface area contributed by atoms with Gasteiger partial charge in [-0.05, 0) is 17.7 Å². The van der Waals surface area contributed by atoms with Gasteiger partial charge < -0.3 is 0 Å². The normalized spacial score (nSPS) is 14.1. The van der Waals surface area contributed by atoms with Crippen molar-refractivity contribution in [2.75, 3.05) is 0 Å². The fraction of sp³-hybridized carbons (Fsp3) is 0.333. The van der Waals surface area contributed by atoms with Gasteiger partial charge in [0.25, 0.3) is 0 Å². The molecule has 0 nitrogen and oxygen atoms in total. The summed E-state index contributed by atoms with van der Waals surface area (Å²) in [7, 11) is 0. The predicted molar refractivity (Wildman–Crippen MR) is 48.7 cm³/mol. The minimum Gasteiger partial charge on any atom is -0.207 e. The maximum atomic E-state index is 12.5. The highest BCUT2D eigenvalue weighted by molar-refractivity contribution is 9.09. The maximum Gasteiger partial charge on any atom is 0.390 e. The molecule has 0 saturated carbocycles. The molecule has 1 unspecified atom stereocenters. The first-order valence-electron chi connectivity index (χ1n) is 3.85. The van der Waals surface area contributed by atoms with Gasteiger partial charge in [-0.3, -0.25) is 0 Å². The van der Waals surface area contributed by atoms with Gasteiger partial charge in [0.05, 0.1) is 6.42 Å². The molecule has 1 aromatic rings. The van der Waals surface area contributed by atoms with Crippen LogP contribution in [0.1, 0.15) is 16.8 Å². The SMILES string of the molecule is Fc1ccc(C(Br)CC(F)(F)F)cc1. The van der Waals surface area contributed by atoms with Crippen LogP contribution in [0.25, 0.3) is 0 Å². The van der Waals surface area contributed by atoms with Crippen molar-refractivity contribution in [2.45, 2.75) is 17.4 Å². The lowest BCUT2D eigenvalue weighted by Gasteiger charge is -2.12. The zero-order valence-corrected chi connectivity index (χ0v) is 8.57.